The Hall–Kier alpha value is -4.60. The van der Waals surface area contributed by atoms with Crippen LogP contribution in [-0.2, 0) is 0 Å². The molecule has 0 aliphatic heterocycles. The van der Waals surface area contributed by atoms with Gasteiger partial charge in [-0.05, 0) is 55.9 Å². The van der Waals surface area contributed by atoms with E-state index in [0.29, 0.717) is 0 Å². The van der Waals surface area contributed by atoms with Gasteiger partial charge in [-0.25, -0.2) is 0 Å². The molecule has 0 N–H and O–H groups in total. The first kappa shape index (κ1) is 20.0. The minimum absolute atomic E-state index is 1.02. The van der Waals surface area contributed by atoms with Gasteiger partial charge in [0.05, 0.1) is 0 Å². The van der Waals surface area contributed by atoms with Crippen molar-refractivity contribution in [2.45, 2.75) is 0 Å². The van der Waals surface area contributed by atoms with Crippen LogP contribution in [0.1, 0.15) is 11.1 Å². The van der Waals surface area contributed by atoms with Crippen molar-refractivity contribution >= 4 is 21.5 Å². The van der Waals surface area contributed by atoms with E-state index in [1.807, 2.05) is 18.2 Å². The zero-order valence-corrected chi connectivity index (χ0v) is 18.7. The lowest BCUT2D eigenvalue weighted by molar-refractivity contribution is 1.61. The van der Waals surface area contributed by atoms with Crippen molar-refractivity contribution in [3.05, 3.63) is 145 Å². The van der Waals surface area contributed by atoms with Gasteiger partial charge in [0.1, 0.15) is 0 Å². The summed E-state index contributed by atoms with van der Waals surface area (Å²) < 4.78 is 0. The van der Waals surface area contributed by atoms with Crippen LogP contribution >= 0.6 is 0 Å². The second kappa shape index (κ2) is 8.74. The first-order valence-corrected chi connectivity index (χ1v) is 11.5. The molecule has 0 fully saturated rings. The molecule has 6 aromatic carbocycles. The summed E-state index contributed by atoms with van der Waals surface area (Å²) >= 11 is 0. The summed E-state index contributed by atoms with van der Waals surface area (Å²) in [4.78, 5) is 0. The quantitative estimate of drug-likeness (QED) is 0.190. The van der Waals surface area contributed by atoms with Crippen LogP contribution in [0.4, 0.5) is 0 Å². The van der Waals surface area contributed by atoms with Crippen LogP contribution < -0.4 is 0 Å². The Labute approximate surface area is 200 Å². The molecule has 0 heteroatoms. The van der Waals surface area contributed by atoms with E-state index in [2.05, 4.69) is 127 Å². The summed E-state index contributed by atoms with van der Waals surface area (Å²) in [7, 11) is 0. The van der Waals surface area contributed by atoms with E-state index in [1.165, 1.54) is 43.8 Å². The average molecular weight is 431 g/mol. The van der Waals surface area contributed by atoms with Gasteiger partial charge in [0.15, 0.2) is 0 Å². The monoisotopic (exact) mass is 430 g/mol. The molecule has 0 saturated heterocycles. The molecule has 0 unspecified atom stereocenters. The Morgan fingerprint density at radius 2 is 0.765 bits per heavy atom. The number of fused-ring (bicyclic) bond motifs is 2. The molecule has 0 amide bonds. The zero-order valence-electron chi connectivity index (χ0n) is 18.7. The largest absolute Gasteiger partial charge is 0.0622 e. The van der Waals surface area contributed by atoms with Gasteiger partial charge in [0.2, 0.25) is 0 Å². The molecule has 0 bridgehead atoms. The highest BCUT2D eigenvalue weighted by atomic mass is 14.2. The Morgan fingerprint density at radius 3 is 1.35 bits per heavy atom. The fourth-order valence-corrected chi connectivity index (χ4v) is 4.69. The van der Waals surface area contributed by atoms with E-state index in [0.717, 1.165) is 11.1 Å². The van der Waals surface area contributed by atoms with Crippen LogP contribution in [0.5, 0.6) is 0 Å². The molecule has 0 aromatic heterocycles. The Bertz CT molecular complexity index is 1610. The van der Waals surface area contributed by atoms with Gasteiger partial charge in [0.25, 0.3) is 0 Å². The Morgan fingerprint density at radius 1 is 0.324 bits per heavy atom. The summed E-state index contributed by atoms with van der Waals surface area (Å²) in [5.74, 6) is 6.89. The van der Waals surface area contributed by atoms with Gasteiger partial charge in [-0.1, -0.05) is 133 Å². The first-order chi connectivity index (χ1) is 16.9. The van der Waals surface area contributed by atoms with Gasteiger partial charge in [-0.3, -0.25) is 0 Å². The van der Waals surface area contributed by atoms with E-state index >= 15 is 0 Å². The Kier molecular flexibility index (Phi) is 5.15. The number of rotatable bonds is 2. The molecule has 0 atom stereocenters. The SMILES string of the molecule is C(#Cc1c2ccccc2c(-c2ccc(-c3ccccc3)cc2)c2ccccc12)c1ccccc1. The highest BCUT2D eigenvalue weighted by Gasteiger charge is 2.14. The molecule has 6 rings (SSSR count). The highest BCUT2D eigenvalue weighted by molar-refractivity contribution is 6.16. The molecular formula is C34H22. The van der Waals surface area contributed by atoms with Gasteiger partial charge in [0, 0.05) is 11.1 Å². The van der Waals surface area contributed by atoms with Gasteiger partial charge in [-0.2, -0.15) is 0 Å². The van der Waals surface area contributed by atoms with Crippen molar-refractivity contribution in [1.82, 2.24) is 0 Å². The maximum absolute atomic E-state index is 3.51. The van der Waals surface area contributed by atoms with Gasteiger partial charge >= 0.3 is 0 Å². The topological polar surface area (TPSA) is 0 Å². The number of benzene rings is 6. The molecular weight excluding hydrogens is 408 g/mol. The fraction of sp³-hybridized carbons (Fsp3) is 0. The maximum atomic E-state index is 3.51. The van der Waals surface area contributed by atoms with Crippen molar-refractivity contribution in [2.75, 3.05) is 0 Å². The van der Waals surface area contributed by atoms with Crippen LogP contribution in [0.15, 0.2) is 133 Å². The molecule has 0 radical (unpaired) electrons. The summed E-state index contributed by atoms with van der Waals surface area (Å²) in [6.07, 6.45) is 0. The van der Waals surface area contributed by atoms with E-state index in [-0.39, 0.29) is 0 Å². The minimum Gasteiger partial charge on any atom is -0.0622 e. The summed E-state index contributed by atoms with van der Waals surface area (Å²) in [6, 6.07) is 46.9. The lowest BCUT2D eigenvalue weighted by Crippen LogP contribution is -1.90. The van der Waals surface area contributed by atoms with E-state index in [4.69, 9.17) is 0 Å². The first-order valence-electron chi connectivity index (χ1n) is 11.5. The molecule has 0 heterocycles. The summed E-state index contributed by atoms with van der Waals surface area (Å²) in [5, 5.41) is 4.83. The Balaban J connectivity index is 1.58. The van der Waals surface area contributed by atoms with Crippen LogP contribution in [0.2, 0.25) is 0 Å². The predicted molar refractivity (Wildman–Crippen MR) is 145 cm³/mol. The van der Waals surface area contributed by atoms with E-state index in [9.17, 15) is 0 Å². The molecule has 158 valence electrons. The fourth-order valence-electron chi connectivity index (χ4n) is 4.69. The lowest BCUT2D eigenvalue weighted by atomic mass is 9.88. The van der Waals surface area contributed by atoms with E-state index in [1.54, 1.807) is 0 Å². The van der Waals surface area contributed by atoms with Crippen molar-refractivity contribution < 1.29 is 0 Å². The van der Waals surface area contributed by atoms with Crippen molar-refractivity contribution in [3.8, 4) is 34.1 Å². The van der Waals surface area contributed by atoms with Crippen LogP contribution in [-0.4, -0.2) is 0 Å². The van der Waals surface area contributed by atoms with Crippen LogP contribution in [0, 0.1) is 11.8 Å². The molecule has 0 saturated carbocycles. The van der Waals surface area contributed by atoms with Gasteiger partial charge in [-0.15, -0.1) is 0 Å². The third kappa shape index (κ3) is 3.64. The molecule has 6 aromatic rings. The third-order valence-electron chi connectivity index (χ3n) is 6.32. The molecule has 34 heavy (non-hydrogen) atoms. The molecule has 0 aliphatic rings. The van der Waals surface area contributed by atoms with E-state index < -0.39 is 0 Å². The second-order valence-corrected chi connectivity index (χ2v) is 8.40. The number of hydrogen-bond acceptors (Lipinski definition) is 0. The van der Waals surface area contributed by atoms with Crippen molar-refractivity contribution in [1.29, 1.82) is 0 Å². The van der Waals surface area contributed by atoms with Crippen molar-refractivity contribution in [2.24, 2.45) is 0 Å². The van der Waals surface area contributed by atoms with Crippen LogP contribution in [0.3, 0.4) is 0 Å². The predicted octanol–water partition coefficient (Wildman–Crippen LogP) is 8.73. The standard InChI is InChI=1S/C34H22/c1-3-11-25(12-4-1)19-24-31-29-15-7-9-17-32(29)34(33-18-10-8-16-30(31)33)28-22-20-27(21-23-28)26-13-5-2-6-14-26/h1-18,20-23H. The third-order valence-corrected chi connectivity index (χ3v) is 6.32. The zero-order chi connectivity index (χ0) is 22.7. The number of hydrogen-bond donors (Lipinski definition) is 0. The summed E-state index contributed by atoms with van der Waals surface area (Å²) in [5.41, 5.74) is 7.04. The van der Waals surface area contributed by atoms with Crippen LogP contribution in [0.25, 0.3) is 43.8 Å². The minimum atomic E-state index is 1.02. The van der Waals surface area contributed by atoms with Gasteiger partial charge < -0.3 is 0 Å². The average Bonchev–Trinajstić information content (AvgIpc) is 2.92. The summed E-state index contributed by atoms with van der Waals surface area (Å²) in [6.45, 7) is 0. The molecule has 0 spiro atoms. The second-order valence-electron chi connectivity index (χ2n) is 8.40. The molecule has 0 aliphatic carbocycles. The normalized spacial score (nSPS) is 10.7. The lowest BCUT2D eigenvalue weighted by Gasteiger charge is -2.15. The smallest absolute Gasteiger partial charge is 0.0406 e. The molecule has 0 nitrogen and oxygen atoms in total. The van der Waals surface area contributed by atoms with Crippen molar-refractivity contribution in [3.63, 3.8) is 0 Å². The highest BCUT2D eigenvalue weighted by Crippen LogP contribution is 2.39. The maximum Gasteiger partial charge on any atom is 0.0406 e.